The second-order valence-electron chi connectivity index (χ2n) is 3.87. The lowest BCUT2D eigenvalue weighted by atomic mass is 10.1. The highest BCUT2D eigenvalue weighted by atomic mass is 35.5. The van der Waals surface area contributed by atoms with Crippen molar-refractivity contribution < 1.29 is 9.53 Å². The molecule has 1 atom stereocenters. The average Bonchev–Trinajstić information content (AvgIpc) is 2.28. The first-order valence-electron chi connectivity index (χ1n) is 5.40. The molecular weight excluding hydrogens is 240 g/mol. The van der Waals surface area contributed by atoms with Crippen molar-refractivity contribution in [2.24, 2.45) is 11.7 Å². The topological polar surface area (TPSA) is 64.3 Å². The number of hydrogen-bond acceptors (Lipinski definition) is 3. The van der Waals surface area contributed by atoms with E-state index in [4.69, 9.17) is 22.1 Å². The van der Waals surface area contributed by atoms with Gasteiger partial charge in [-0.2, -0.15) is 0 Å². The molecular formula is C12H17ClN2O2. The second-order valence-corrected chi connectivity index (χ2v) is 4.28. The Bertz CT molecular complexity index is 396. The van der Waals surface area contributed by atoms with Gasteiger partial charge in [0.05, 0.1) is 17.5 Å². The van der Waals surface area contributed by atoms with Crippen LogP contribution in [-0.2, 0) is 11.3 Å². The zero-order valence-corrected chi connectivity index (χ0v) is 10.8. The summed E-state index contributed by atoms with van der Waals surface area (Å²) in [7, 11) is 1.84. The van der Waals surface area contributed by atoms with E-state index in [1.165, 1.54) is 0 Å². The monoisotopic (exact) mass is 256 g/mol. The average molecular weight is 257 g/mol. The first kappa shape index (κ1) is 13.8. The molecule has 94 valence electrons. The predicted octanol–water partition coefficient (Wildman–Crippen LogP) is 1.56. The number of rotatable bonds is 6. The van der Waals surface area contributed by atoms with Crippen molar-refractivity contribution in [3.63, 3.8) is 0 Å². The Morgan fingerprint density at radius 1 is 1.59 bits per heavy atom. The first-order chi connectivity index (χ1) is 8.06. The molecule has 0 bridgehead atoms. The molecule has 0 aliphatic heterocycles. The molecule has 0 heterocycles. The minimum absolute atomic E-state index is 0.232. The van der Waals surface area contributed by atoms with Crippen LogP contribution in [0, 0.1) is 5.92 Å². The molecule has 0 saturated carbocycles. The number of carbonyl (C=O) groups is 1. The molecule has 0 aromatic heterocycles. The molecule has 1 amide bonds. The van der Waals surface area contributed by atoms with E-state index in [-0.39, 0.29) is 18.4 Å². The largest absolute Gasteiger partial charge is 0.491 e. The fourth-order valence-electron chi connectivity index (χ4n) is 1.34. The van der Waals surface area contributed by atoms with E-state index in [2.05, 4.69) is 5.32 Å². The molecule has 0 aliphatic carbocycles. The molecule has 0 radical (unpaired) electrons. The summed E-state index contributed by atoms with van der Waals surface area (Å²) in [5.74, 6) is -0.113. The fourth-order valence-corrected chi connectivity index (χ4v) is 1.58. The molecule has 17 heavy (non-hydrogen) atoms. The number of hydrogen-bond donors (Lipinski definition) is 2. The number of nitrogens with two attached hydrogens (primary N) is 1. The zero-order valence-electron chi connectivity index (χ0n) is 10.00. The number of benzene rings is 1. The van der Waals surface area contributed by atoms with Crippen LogP contribution in [0.5, 0.6) is 5.75 Å². The number of nitrogens with one attached hydrogen (secondary N) is 1. The van der Waals surface area contributed by atoms with Gasteiger partial charge >= 0.3 is 0 Å². The van der Waals surface area contributed by atoms with Gasteiger partial charge in [0.1, 0.15) is 5.75 Å². The first-order valence-corrected chi connectivity index (χ1v) is 5.78. The highest BCUT2D eigenvalue weighted by Gasteiger charge is 2.13. The summed E-state index contributed by atoms with van der Waals surface area (Å²) >= 11 is 6.06. The third-order valence-electron chi connectivity index (χ3n) is 2.38. The Kier molecular flexibility index (Phi) is 5.25. The van der Waals surface area contributed by atoms with Crippen LogP contribution in [0.3, 0.4) is 0 Å². The van der Waals surface area contributed by atoms with Crippen molar-refractivity contribution in [1.82, 2.24) is 5.32 Å². The van der Waals surface area contributed by atoms with Crippen LogP contribution in [0.4, 0.5) is 0 Å². The SMILES string of the molecule is CNCc1cccc(Cl)c1OCC(C)C(N)=O. The number of ether oxygens (including phenoxy) is 1. The zero-order chi connectivity index (χ0) is 12.8. The molecule has 0 aliphatic rings. The van der Waals surface area contributed by atoms with Crippen LogP contribution in [-0.4, -0.2) is 19.6 Å². The van der Waals surface area contributed by atoms with Gasteiger partial charge in [-0.25, -0.2) is 0 Å². The number of primary amides is 1. The van der Waals surface area contributed by atoms with E-state index in [9.17, 15) is 4.79 Å². The van der Waals surface area contributed by atoms with Gasteiger partial charge < -0.3 is 15.8 Å². The molecule has 1 rings (SSSR count). The smallest absolute Gasteiger partial charge is 0.223 e. The highest BCUT2D eigenvalue weighted by molar-refractivity contribution is 6.32. The molecule has 1 unspecified atom stereocenters. The van der Waals surface area contributed by atoms with E-state index in [1.807, 2.05) is 19.2 Å². The Labute approximate surface area is 106 Å². The van der Waals surface area contributed by atoms with Gasteiger partial charge in [-0.05, 0) is 13.1 Å². The van der Waals surface area contributed by atoms with Crippen molar-refractivity contribution in [3.8, 4) is 5.75 Å². The summed E-state index contributed by atoms with van der Waals surface area (Å²) in [6.45, 7) is 2.60. The van der Waals surface area contributed by atoms with Crippen molar-refractivity contribution in [2.75, 3.05) is 13.7 Å². The Morgan fingerprint density at radius 3 is 2.88 bits per heavy atom. The van der Waals surface area contributed by atoms with Gasteiger partial charge in [-0.15, -0.1) is 0 Å². The van der Waals surface area contributed by atoms with E-state index in [0.29, 0.717) is 17.3 Å². The van der Waals surface area contributed by atoms with Crippen LogP contribution >= 0.6 is 11.6 Å². The van der Waals surface area contributed by atoms with Crippen LogP contribution in [0.2, 0.25) is 5.02 Å². The Hall–Kier alpha value is -1.26. The van der Waals surface area contributed by atoms with Crippen LogP contribution < -0.4 is 15.8 Å². The Morgan fingerprint density at radius 2 is 2.29 bits per heavy atom. The Balaban J connectivity index is 2.78. The normalized spacial score (nSPS) is 12.2. The third-order valence-corrected chi connectivity index (χ3v) is 2.68. The van der Waals surface area contributed by atoms with Crippen molar-refractivity contribution >= 4 is 17.5 Å². The molecule has 5 heteroatoms. The van der Waals surface area contributed by atoms with Gasteiger partial charge in [-0.1, -0.05) is 30.7 Å². The van der Waals surface area contributed by atoms with E-state index in [1.54, 1.807) is 13.0 Å². The lowest BCUT2D eigenvalue weighted by molar-refractivity contribution is -0.122. The maximum Gasteiger partial charge on any atom is 0.223 e. The van der Waals surface area contributed by atoms with Gasteiger partial charge in [0.15, 0.2) is 0 Å². The summed E-state index contributed by atoms with van der Waals surface area (Å²) in [6, 6.07) is 5.54. The van der Waals surface area contributed by atoms with Crippen molar-refractivity contribution in [3.05, 3.63) is 28.8 Å². The lowest BCUT2D eigenvalue weighted by Gasteiger charge is -2.15. The molecule has 4 nitrogen and oxygen atoms in total. The number of para-hydroxylation sites is 1. The van der Waals surface area contributed by atoms with E-state index in [0.717, 1.165) is 5.56 Å². The molecule has 0 saturated heterocycles. The van der Waals surface area contributed by atoms with Gasteiger partial charge in [0, 0.05) is 12.1 Å². The lowest BCUT2D eigenvalue weighted by Crippen LogP contribution is -2.26. The quantitative estimate of drug-likeness (QED) is 0.812. The van der Waals surface area contributed by atoms with Crippen LogP contribution in [0.1, 0.15) is 12.5 Å². The minimum atomic E-state index is -0.382. The summed E-state index contributed by atoms with van der Waals surface area (Å²) in [5, 5.41) is 3.57. The molecule has 0 spiro atoms. The standard InChI is InChI=1S/C12H17ClN2O2/c1-8(12(14)16)7-17-11-9(6-15-2)4-3-5-10(11)13/h3-5,8,15H,6-7H2,1-2H3,(H2,14,16). The van der Waals surface area contributed by atoms with E-state index < -0.39 is 0 Å². The van der Waals surface area contributed by atoms with Crippen LogP contribution in [0.15, 0.2) is 18.2 Å². The molecule has 1 aromatic rings. The van der Waals surface area contributed by atoms with Crippen LogP contribution in [0.25, 0.3) is 0 Å². The molecule has 0 fully saturated rings. The summed E-state index contributed by atoms with van der Waals surface area (Å²) in [4.78, 5) is 10.9. The highest BCUT2D eigenvalue weighted by Crippen LogP contribution is 2.28. The summed E-state index contributed by atoms with van der Waals surface area (Å²) in [6.07, 6.45) is 0. The number of amides is 1. The number of carbonyl (C=O) groups excluding carboxylic acids is 1. The summed E-state index contributed by atoms with van der Waals surface area (Å²) < 4.78 is 5.57. The molecule has 1 aromatic carbocycles. The van der Waals surface area contributed by atoms with Crippen molar-refractivity contribution in [1.29, 1.82) is 0 Å². The number of halogens is 1. The predicted molar refractivity (Wildman–Crippen MR) is 68.1 cm³/mol. The van der Waals surface area contributed by atoms with Gasteiger partial charge in [0.25, 0.3) is 0 Å². The van der Waals surface area contributed by atoms with Crippen molar-refractivity contribution in [2.45, 2.75) is 13.5 Å². The summed E-state index contributed by atoms with van der Waals surface area (Å²) in [5.41, 5.74) is 6.13. The van der Waals surface area contributed by atoms with E-state index >= 15 is 0 Å². The van der Waals surface area contributed by atoms with Gasteiger partial charge in [0.2, 0.25) is 5.91 Å². The minimum Gasteiger partial charge on any atom is -0.491 e. The fraction of sp³-hybridized carbons (Fsp3) is 0.417. The van der Waals surface area contributed by atoms with Gasteiger partial charge in [-0.3, -0.25) is 4.79 Å². The third kappa shape index (κ3) is 3.91. The maximum absolute atomic E-state index is 10.9. The second kappa shape index (κ2) is 6.47. The molecule has 3 N–H and O–H groups in total. The maximum atomic E-state index is 10.9.